The van der Waals surface area contributed by atoms with Crippen LogP contribution in [-0.2, 0) is 4.79 Å². The van der Waals surface area contributed by atoms with Crippen molar-refractivity contribution >= 4 is 17.3 Å². The maximum Gasteiger partial charge on any atom is 0.304 e. The van der Waals surface area contributed by atoms with E-state index in [1.165, 1.54) is 5.56 Å². The van der Waals surface area contributed by atoms with Crippen LogP contribution in [0.4, 0.5) is 0 Å². The molecule has 1 atom stereocenters. The van der Waals surface area contributed by atoms with Crippen molar-refractivity contribution in [1.29, 1.82) is 0 Å². The molecule has 0 saturated heterocycles. The van der Waals surface area contributed by atoms with E-state index in [1.807, 2.05) is 31.4 Å². The highest BCUT2D eigenvalue weighted by molar-refractivity contribution is 7.13. The van der Waals surface area contributed by atoms with Crippen LogP contribution in [0.15, 0.2) is 29.6 Å². The Balaban J connectivity index is 2.19. The molecular formula is C14H15NO2S. The first-order chi connectivity index (χ1) is 8.56. The molecule has 1 heterocycles. The molecule has 0 radical (unpaired) electrons. The average molecular weight is 261 g/mol. The molecule has 0 aliphatic carbocycles. The van der Waals surface area contributed by atoms with E-state index in [1.54, 1.807) is 11.3 Å². The fourth-order valence-electron chi connectivity index (χ4n) is 1.71. The van der Waals surface area contributed by atoms with Crippen molar-refractivity contribution in [2.45, 2.75) is 26.2 Å². The van der Waals surface area contributed by atoms with Gasteiger partial charge in [-0.3, -0.25) is 4.79 Å². The van der Waals surface area contributed by atoms with Crippen molar-refractivity contribution in [1.82, 2.24) is 4.98 Å². The van der Waals surface area contributed by atoms with E-state index in [4.69, 9.17) is 5.11 Å². The number of carboxylic acids is 1. The standard InChI is InChI=1S/C14H15NO2S/c1-9-3-5-11(6-4-9)14-15-12(8-18-14)10(2)7-13(16)17/h3-6,8,10H,7H2,1-2H3,(H,16,17). The topological polar surface area (TPSA) is 50.2 Å². The Kier molecular flexibility index (Phi) is 3.77. The Morgan fingerprint density at radius 3 is 2.67 bits per heavy atom. The van der Waals surface area contributed by atoms with Gasteiger partial charge in [0.05, 0.1) is 12.1 Å². The third-order valence-electron chi connectivity index (χ3n) is 2.81. The van der Waals surface area contributed by atoms with Crippen LogP contribution in [0.5, 0.6) is 0 Å². The Hall–Kier alpha value is -1.68. The van der Waals surface area contributed by atoms with Gasteiger partial charge in [0.15, 0.2) is 0 Å². The van der Waals surface area contributed by atoms with Crippen molar-refractivity contribution in [2.75, 3.05) is 0 Å². The summed E-state index contributed by atoms with van der Waals surface area (Å²) in [6.45, 7) is 3.94. The number of carboxylic acid groups (broad SMARTS) is 1. The molecule has 18 heavy (non-hydrogen) atoms. The Morgan fingerprint density at radius 1 is 1.39 bits per heavy atom. The minimum Gasteiger partial charge on any atom is -0.481 e. The van der Waals surface area contributed by atoms with E-state index < -0.39 is 5.97 Å². The number of thiazole rings is 1. The van der Waals surface area contributed by atoms with E-state index in [2.05, 4.69) is 17.1 Å². The molecule has 3 nitrogen and oxygen atoms in total. The van der Waals surface area contributed by atoms with Gasteiger partial charge in [0, 0.05) is 16.9 Å². The minimum atomic E-state index is -0.785. The lowest BCUT2D eigenvalue weighted by Gasteiger charge is -2.03. The second-order valence-electron chi connectivity index (χ2n) is 4.44. The largest absolute Gasteiger partial charge is 0.481 e. The molecule has 0 saturated carbocycles. The summed E-state index contributed by atoms with van der Waals surface area (Å²) in [5, 5.41) is 11.7. The third-order valence-corrected chi connectivity index (χ3v) is 3.72. The Labute approximate surface area is 110 Å². The van der Waals surface area contributed by atoms with E-state index in [9.17, 15) is 4.79 Å². The van der Waals surface area contributed by atoms with Crippen LogP contribution in [0.25, 0.3) is 10.6 Å². The first kappa shape index (κ1) is 12.8. The third kappa shape index (κ3) is 2.96. The van der Waals surface area contributed by atoms with Gasteiger partial charge in [-0.05, 0) is 6.92 Å². The lowest BCUT2D eigenvalue weighted by molar-refractivity contribution is -0.137. The molecule has 0 spiro atoms. The number of nitrogens with zero attached hydrogens (tertiary/aromatic N) is 1. The first-order valence-corrected chi connectivity index (χ1v) is 6.68. The van der Waals surface area contributed by atoms with Crippen LogP contribution in [0.3, 0.4) is 0 Å². The predicted octanol–water partition coefficient (Wildman–Crippen LogP) is 3.70. The summed E-state index contributed by atoms with van der Waals surface area (Å²) < 4.78 is 0. The van der Waals surface area contributed by atoms with E-state index >= 15 is 0 Å². The number of aliphatic carboxylic acids is 1. The lowest BCUT2D eigenvalue weighted by atomic mass is 10.1. The monoisotopic (exact) mass is 261 g/mol. The first-order valence-electron chi connectivity index (χ1n) is 5.80. The second kappa shape index (κ2) is 5.31. The number of carbonyl (C=O) groups is 1. The van der Waals surface area contributed by atoms with Crippen molar-refractivity contribution < 1.29 is 9.90 Å². The summed E-state index contributed by atoms with van der Waals surface area (Å²) in [6, 6.07) is 8.19. The quantitative estimate of drug-likeness (QED) is 0.913. The maximum atomic E-state index is 10.7. The number of aryl methyl sites for hydroxylation is 1. The Morgan fingerprint density at radius 2 is 2.06 bits per heavy atom. The molecule has 2 rings (SSSR count). The molecule has 1 N–H and O–H groups in total. The molecule has 94 valence electrons. The SMILES string of the molecule is Cc1ccc(-c2nc(C(C)CC(=O)O)cs2)cc1. The van der Waals surface area contributed by atoms with Crippen LogP contribution >= 0.6 is 11.3 Å². The van der Waals surface area contributed by atoms with Gasteiger partial charge in [-0.25, -0.2) is 4.98 Å². The van der Waals surface area contributed by atoms with Gasteiger partial charge < -0.3 is 5.11 Å². The molecule has 4 heteroatoms. The van der Waals surface area contributed by atoms with Crippen LogP contribution < -0.4 is 0 Å². The molecule has 1 unspecified atom stereocenters. The van der Waals surface area contributed by atoms with Crippen molar-refractivity contribution in [3.05, 3.63) is 40.9 Å². The van der Waals surface area contributed by atoms with Crippen LogP contribution in [-0.4, -0.2) is 16.1 Å². The number of hydrogen-bond acceptors (Lipinski definition) is 3. The average Bonchev–Trinajstić information content (AvgIpc) is 2.78. The van der Waals surface area contributed by atoms with Gasteiger partial charge in [0.1, 0.15) is 5.01 Å². The van der Waals surface area contributed by atoms with E-state index in [0.29, 0.717) is 0 Å². The van der Waals surface area contributed by atoms with Gasteiger partial charge in [0.2, 0.25) is 0 Å². The molecule has 0 bridgehead atoms. The maximum absolute atomic E-state index is 10.7. The lowest BCUT2D eigenvalue weighted by Crippen LogP contribution is -2.02. The summed E-state index contributed by atoms with van der Waals surface area (Å²) in [6.07, 6.45) is 0.122. The van der Waals surface area contributed by atoms with E-state index in [0.717, 1.165) is 16.3 Å². The zero-order chi connectivity index (χ0) is 13.1. The fourth-order valence-corrected chi connectivity index (χ4v) is 2.66. The van der Waals surface area contributed by atoms with Crippen LogP contribution in [0.1, 0.15) is 30.5 Å². The highest BCUT2D eigenvalue weighted by atomic mass is 32.1. The second-order valence-corrected chi connectivity index (χ2v) is 5.30. The summed E-state index contributed by atoms with van der Waals surface area (Å²) in [5.74, 6) is -0.828. The molecule has 0 aliphatic heterocycles. The van der Waals surface area contributed by atoms with Crippen molar-refractivity contribution in [3.63, 3.8) is 0 Å². The fraction of sp³-hybridized carbons (Fsp3) is 0.286. The molecule has 0 aliphatic rings. The minimum absolute atomic E-state index is 0.0436. The van der Waals surface area contributed by atoms with Crippen LogP contribution in [0, 0.1) is 6.92 Å². The molecular weight excluding hydrogens is 246 g/mol. The summed E-state index contributed by atoms with van der Waals surface area (Å²) in [4.78, 5) is 15.2. The number of benzene rings is 1. The molecule has 1 aromatic carbocycles. The zero-order valence-electron chi connectivity index (χ0n) is 10.4. The number of hydrogen-bond donors (Lipinski definition) is 1. The van der Waals surface area contributed by atoms with E-state index in [-0.39, 0.29) is 12.3 Å². The van der Waals surface area contributed by atoms with Gasteiger partial charge >= 0.3 is 5.97 Å². The summed E-state index contributed by atoms with van der Waals surface area (Å²) in [7, 11) is 0. The number of rotatable bonds is 4. The van der Waals surface area contributed by atoms with Gasteiger partial charge in [0.25, 0.3) is 0 Å². The molecule has 1 aromatic heterocycles. The van der Waals surface area contributed by atoms with Gasteiger partial charge in [-0.1, -0.05) is 36.8 Å². The summed E-state index contributed by atoms with van der Waals surface area (Å²) in [5.41, 5.74) is 3.16. The molecule has 0 fully saturated rings. The highest BCUT2D eigenvalue weighted by Gasteiger charge is 2.14. The van der Waals surface area contributed by atoms with Crippen LogP contribution in [0.2, 0.25) is 0 Å². The summed E-state index contributed by atoms with van der Waals surface area (Å²) >= 11 is 1.56. The normalized spacial score (nSPS) is 12.3. The number of aromatic nitrogens is 1. The smallest absolute Gasteiger partial charge is 0.304 e. The predicted molar refractivity (Wildman–Crippen MR) is 73.0 cm³/mol. The van der Waals surface area contributed by atoms with Gasteiger partial charge in [-0.15, -0.1) is 11.3 Å². The van der Waals surface area contributed by atoms with Gasteiger partial charge in [-0.2, -0.15) is 0 Å². The molecule has 0 amide bonds. The highest BCUT2D eigenvalue weighted by Crippen LogP contribution is 2.28. The van der Waals surface area contributed by atoms with Crippen molar-refractivity contribution in [3.8, 4) is 10.6 Å². The molecule has 2 aromatic rings. The Bertz CT molecular complexity index is 545. The zero-order valence-corrected chi connectivity index (χ0v) is 11.2. The van der Waals surface area contributed by atoms with Crippen molar-refractivity contribution in [2.24, 2.45) is 0 Å².